The van der Waals surface area contributed by atoms with Crippen molar-refractivity contribution in [2.24, 2.45) is 10.6 Å². The van der Waals surface area contributed by atoms with E-state index < -0.39 is 0 Å². The molecule has 0 aliphatic carbocycles. The molecule has 0 aromatic carbocycles. The predicted molar refractivity (Wildman–Crippen MR) is 51.3 cm³/mol. The molecule has 1 heterocycles. The lowest BCUT2D eigenvalue weighted by molar-refractivity contribution is 0.00831. The number of hydrogen-bond acceptors (Lipinski definition) is 2. The lowest BCUT2D eigenvalue weighted by atomic mass is 9.86. The van der Waals surface area contributed by atoms with Gasteiger partial charge in [0.15, 0.2) is 0 Å². The summed E-state index contributed by atoms with van der Waals surface area (Å²) in [5.74, 6) is 0. The van der Waals surface area contributed by atoms with Crippen molar-refractivity contribution in [3.8, 4) is 0 Å². The van der Waals surface area contributed by atoms with Gasteiger partial charge in [0.05, 0.1) is 5.71 Å². The fraction of sp³-hybridized carbons (Fsp3) is 0.900. The Labute approximate surface area is 75.0 Å². The molecule has 12 heavy (non-hydrogen) atoms. The van der Waals surface area contributed by atoms with Crippen molar-refractivity contribution in [1.29, 1.82) is 0 Å². The summed E-state index contributed by atoms with van der Waals surface area (Å²) in [5.41, 5.74) is 1.45. The number of nitrogens with zero attached hydrogens (tertiary/aromatic N) is 1. The smallest absolute Gasteiger partial charge is 0.137 e. The maximum atomic E-state index is 5.37. The van der Waals surface area contributed by atoms with E-state index in [2.05, 4.69) is 32.9 Å². The van der Waals surface area contributed by atoms with E-state index in [4.69, 9.17) is 4.84 Å². The molecule has 1 atom stereocenters. The van der Waals surface area contributed by atoms with E-state index in [1.165, 1.54) is 12.1 Å². The first-order chi connectivity index (χ1) is 5.54. The minimum atomic E-state index is 0.221. The van der Waals surface area contributed by atoms with E-state index in [9.17, 15) is 0 Å². The molecule has 1 aliphatic rings. The van der Waals surface area contributed by atoms with Crippen LogP contribution < -0.4 is 0 Å². The molecule has 1 unspecified atom stereocenters. The Hall–Kier alpha value is -0.530. The van der Waals surface area contributed by atoms with Crippen molar-refractivity contribution in [3.63, 3.8) is 0 Å². The molecule has 0 aromatic heterocycles. The Morgan fingerprint density at radius 3 is 2.58 bits per heavy atom. The van der Waals surface area contributed by atoms with Crippen LogP contribution in [0.3, 0.4) is 0 Å². The summed E-state index contributed by atoms with van der Waals surface area (Å²) in [6.07, 6.45) is 3.57. The van der Waals surface area contributed by atoms with Crippen LogP contribution in [0.2, 0.25) is 0 Å². The summed E-state index contributed by atoms with van der Waals surface area (Å²) in [7, 11) is 0. The zero-order valence-electron chi connectivity index (χ0n) is 8.55. The van der Waals surface area contributed by atoms with Crippen LogP contribution in [0, 0.1) is 5.41 Å². The molecule has 0 fully saturated rings. The summed E-state index contributed by atoms with van der Waals surface area (Å²) >= 11 is 0. The van der Waals surface area contributed by atoms with Crippen molar-refractivity contribution >= 4 is 5.71 Å². The Bertz CT molecular complexity index is 179. The van der Waals surface area contributed by atoms with Gasteiger partial charge in [0.2, 0.25) is 0 Å². The first kappa shape index (κ1) is 9.56. The zero-order valence-corrected chi connectivity index (χ0v) is 8.55. The van der Waals surface area contributed by atoms with E-state index in [0.717, 1.165) is 12.8 Å². The molecule has 0 radical (unpaired) electrons. The third-order valence-corrected chi connectivity index (χ3v) is 2.23. The van der Waals surface area contributed by atoms with E-state index in [1.54, 1.807) is 0 Å². The molecular formula is C10H19NO. The lowest BCUT2D eigenvalue weighted by Gasteiger charge is -2.23. The molecule has 2 nitrogen and oxygen atoms in total. The van der Waals surface area contributed by atoms with Crippen LogP contribution in [0.4, 0.5) is 0 Å². The van der Waals surface area contributed by atoms with Crippen LogP contribution in [0.5, 0.6) is 0 Å². The van der Waals surface area contributed by atoms with Crippen molar-refractivity contribution in [2.75, 3.05) is 0 Å². The zero-order chi connectivity index (χ0) is 9.19. The molecule has 70 valence electrons. The van der Waals surface area contributed by atoms with Crippen LogP contribution in [-0.4, -0.2) is 11.8 Å². The molecule has 0 N–H and O–H groups in total. The Kier molecular flexibility index (Phi) is 2.76. The van der Waals surface area contributed by atoms with Crippen LogP contribution >= 0.6 is 0 Å². The summed E-state index contributed by atoms with van der Waals surface area (Å²) in [6.45, 7) is 8.76. The fourth-order valence-corrected chi connectivity index (χ4v) is 1.33. The highest BCUT2D eigenvalue weighted by molar-refractivity contribution is 5.85. The van der Waals surface area contributed by atoms with Gasteiger partial charge >= 0.3 is 0 Å². The van der Waals surface area contributed by atoms with Gasteiger partial charge in [-0.25, -0.2) is 0 Å². The first-order valence-electron chi connectivity index (χ1n) is 4.75. The van der Waals surface area contributed by atoms with Crippen molar-refractivity contribution in [2.45, 2.75) is 53.1 Å². The Balaban J connectivity index is 2.41. The van der Waals surface area contributed by atoms with Crippen LogP contribution in [0.25, 0.3) is 0 Å². The number of oxime groups is 1. The number of rotatable bonds is 2. The molecule has 0 saturated carbocycles. The second-order valence-electron chi connectivity index (χ2n) is 4.57. The molecular weight excluding hydrogens is 150 g/mol. The Morgan fingerprint density at radius 2 is 2.17 bits per heavy atom. The second kappa shape index (κ2) is 3.46. The van der Waals surface area contributed by atoms with Crippen LogP contribution in [0.15, 0.2) is 5.16 Å². The van der Waals surface area contributed by atoms with Gasteiger partial charge in [-0.15, -0.1) is 0 Å². The van der Waals surface area contributed by atoms with Gasteiger partial charge in [0.1, 0.15) is 6.10 Å². The molecule has 1 rings (SSSR count). The van der Waals surface area contributed by atoms with E-state index >= 15 is 0 Å². The maximum absolute atomic E-state index is 5.37. The van der Waals surface area contributed by atoms with Gasteiger partial charge in [0, 0.05) is 11.8 Å². The summed E-state index contributed by atoms with van der Waals surface area (Å²) in [5, 5.41) is 4.09. The van der Waals surface area contributed by atoms with E-state index in [-0.39, 0.29) is 5.41 Å². The van der Waals surface area contributed by atoms with E-state index in [1.807, 2.05) is 0 Å². The highest BCUT2D eigenvalue weighted by Crippen LogP contribution is 2.29. The Morgan fingerprint density at radius 1 is 1.50 bits per heavy atom. The lowest BCUT2D eigenvalue weighted by Crippen LogP contribution is -2.26. The number of hydrogen-bond donors (Lipinski definition) is 0. The minimum absolute atomic E-state index is 0.221. The summed E-state index contributed by atoms with van der Waals surface area (Å²) in [4.78, 5) is 5.37. The van der Waals surface area contributed by atoms with Crippen molar-refractivity contribution < 1.29 is 4.84 Å². The van der Waals surface area contributed by atoms with Gasteiger partial charge in [0.25, 0.3) is 0 Å². The van der Waals surface area contributed by atoms with E-state index in [0.29, 0.717) is 6.10 Å². The molecule has 0 spiro atoms. The van der Waals surface area contributed by atoms with Crippen molar-refractivity contribution in [1.82, 2.24) is 0 Å². The molecule has 0 bridgehead atoms. The predicted octanol–water partition coefficient (Wildman–Crippen LogP) is 2.98. The highest BCUT2D eigenvalue weighted by Gasteiger charge is 2.31. The molecule has 0 saturated heterocycles. The standard InChI is InChI=1S/C10H19NO/c1-5-6-8-7-9(12-11-8)10(2,3)4/h9H,5-7H2,1-4H3. The largest absolute Gasteiger partial charge is 0.392 e. The van der Waals surface area contributed by atoms with Gasteiger partial charge in [-0.05, 0) is 6.42 Å². The quantitative estimate of drug-likeness (QED) is 0.622. The van der Waals surface area contributed by atoms with Crippen molar-refractivity contribution in [3.05, 3.63) is 0 Å². The van der Waals surface area contributed by atoms with Gasteiger partial charge in [-0.3, -0.25) is 0 Å². The maximum Gasteiger partial charge on any atom is 0.137 e. The minimum Gasteiger partial charge on any atom is -0.392 e. The second-order valence-corrected chi connectivity index (χ2v) is 4.57. The SMILES string of the molecule is CCCC1=NOC(C(C)(C)C)C1. The topological polar surface area (TPSA) is 21.6 Å². The first-order valence-corrected chi connectivity index (χ1v) is 4.75. The van der Waals surface area contributed by atoms with Gasteiger partial charge in [-0.1, -0.05) is 39.3 Å². The summed E-state index contributed by atoms with van der Waals surface area (Å²) in [6, 6.07) is 0. The highest BCUT2D eigenvalue weighted by atomic mass is 16.6. The average Bonchev–Trinajstić information content (AvgIpc) is 2.35. The summed E-state index contributed by atoms with van der Waals surface area (Å²) < 4.78 is 0. The van der Waals surface area contributed by atoms with Crippen LogP contribution in [0.1, 0.15) is 47.0 Å². The van der Waals surface area contributed by atoms with Crippen LogP contribution in [-0.2, 0) is 4.84 Å². The fourth-order valence-electron chi connectivity index (χ4n) is 1.33. The normalized spacial score (nSPS) is 23.7. The third-order valence-electron chi connectivity index (χ3n) is 2.23. The van der Waals surface area contributed by atoms with Gasteiger partial charge in [-0.2, -0.15) is 0 Å². The average molecular weight is 169 g/mol. The molecule has 0 aromatic rings. The third kappa shape index (κ3) is 2.23. The van der Waals surface area contributed by atoms with Gasteiger partial charge < -0.3 is 4.84 Å². The molecule has 2 heteroatoms. The monoisotopic (exact) mass is 169 g/mol. The molecule has 1 aliphatic heterocycles. The molecule has 0 amide bonds.